The third-order valence-electron chi connectivity index (χ3n) is 4.04. The first kappa shape index (κ1) is 15.2. The second-order valence-corrected chi connectivity index (χ2v) is 5.97. The second-order valence-electron chi connectivity index (χ2n) is 5.58. The van der Waals surface area contributed by atoms with E-state index >= 15 is 0 Å². The maximum absolute atomic E-state index is 13.2. The molecule has 116 valence electrons. The molecule has 0 bridgehead atoms. The number of halogens is 3. The predicted octanol–water partition coefficient (Wildman–Crippen LogP) is 3.87. The Morgan fingerprint density at radius 2 is 1.91 bits per heavy atom. The van der Waals surface area contributed by atoms with Gasteiger partial charge in [-0.25, -0.2) is 13.8 Å². The largest absolute Gasteiger partial charge is 0.355 e. The molecule has 1 fully saturated rings. The number of rotatable bonds is 3. The molecular weight excluding hydrogens is 308 g/mol. The van der Waals surface area contributed by atoms with E-state index in [4.69, 9.17) is 11.6 Å². The summed E-state index contributed by atoms with van der Waals surface area (Å²) in [4.78, 5) is 10.5. The van der Waals surface area contributed by atoms with E-state index in [0.717, 1.165) is 43.7 Å². The van der Waals surface area contributed by atoms with Crippen LogP contribution in [0.3, 0.4) is 0 Å². The fraction of sp³-hybridized carbons (Fsp3) is 0.375. The first-order chi connectivity index (χ1) is 10.6. The van der Waals surface area contributed by atoms with Gasteiger partial charge in [0.15, 0.2) is 11.6 Å². The van der Waals surface area contributed by atoms with Crippen molar-refractivity contribution in [1.29, 1.82) is 0 Å². The van der Waals surface area contributed by atoms with Crippen LogP contribution in [-0.4, -0.2) is 23.1 Å². The summed E-state index contributed by atoms with van der Waals surface area (Å²) in [5.41, 5.74) is 0.847. The third-order valence-corrected chi connectivity index (χ3v) is 4.22. The summed E-state index contributed by atoms with van der Waals surface area (Å²) in [5.74, 6) is -0.311. The monoisotopic (exact) mass is 323 g/mol. The molecule has 22 heavy (non-hydrogen) atoms. The fourth-order valence-electron chi connectivity index (χ4n) is 2.85. The highest BCUT2D eigenvalue weighted by Gasteiger charge is 2.21. The molecule has 1 aliphatic heterocycles. The minimum atomic E-state index is -0.793. The summed E-state index contributed by atoms with van der Waals surface area (Å²) in [6.45, 7) is 1.73. The number of aromatic nitrogens is 2. The molecule has 0 spiro atoms. The summed E-state index contributed by atoms with van der Waals surface area (Å²) in [5, 5.41) is 0.390. The van der Waals surface area contributed by atoms with Crippen molar-refractivity contribution in [1.82, 2.24) is 9.97 Å². The summed E-state index contributed by atoms with van der Waals surface area (Å²) >= 11 is 5.86. The van der Waals surface area contributed by atoms with Crippen molar-refractivity contribution in [2.75, 3.05) is 18.0 Å². The number of anilines is 1. The number of nitrogens with zero attached hydrogens (tertiary/aromatic N) is 3. The molecule has 3 nitrogen and oxygen atoms in total. The van der Waals surface area contributed by atoms with E-state index in [9.17, 15) is 8.78 Å². The van der Waals surface area contributed by atoms with Gasteiger partial charge >= 0.3 is 0 Å². The van der Waals surface area contributed by atoms with Gasteiger partial charge in [-0.1, -0.05) is 17.7 Å². The van der Waals surface area contributed by atoms with E-state index in [0.29, 0.717) is 11.1 Å². The Bertz CT molecular complexity index is 658. The minimum Gasteiger partial charge on any atom is -0.355 e. The molecule has 0 aliphatic carbocycles. The van der Waals surface area contributed by atoms with Crippen LogP contribution in [0.1, 0.15) is 18.4 Å². The highest BCUT2D eigenvalue weighted by molar-refractivity contribution is 6.29. The molecule has 0 saturated carbocycles. The van der Waals surface area contributed by atoms with E-state index in [1.165, 1.54) is 18.3 Å². The molecule has 6 heteroatoms. The summed E-state index contributed by atoms with van der Waals surface area (Å²) in [6, 6.07) is 4.15. The Morgan fingerprint density at radius 3 is 2.59 bits per heavy atom. The maximum Gasteiger partial charge on any atom is 0.159 e. The van der Waals surface area contributed by atoms with Crippen molar-refractivity contribution in [2.45, 2.75) is 19.3 Å². The van der Waals surface area contributed by atoms with Crippen LogP contribution in [0.4, 0.5) is 14.6 Å². The average Bonchev–Trinajstić information content (AvgIpc) is 2.52. The van der Waals surface area contributed by atoms with E-state index < -0.39 is 11.6 Å². The van der Waals surface area contributed by atoms with E-state index in [2.05, 4.69) is 14.9 Å². The lowest BCUT2D eigenvalue weighted by atomic mass is 9.90. The van der Waals surface area contributed by atoms with Gasteiger partial charge in [-0.05, 0) is 42.9 Å². The van der Waals surface area contributed by atoms with Crippen molar-refractivity contribution in [3.63, 3.8) is 0 Å². The predicted molar refractivity (Wildman–Crippen MR) is 82.0 cm³/mol. The van der Waals surface area contributed by atoms with Gasteiger partial charge < -0.3 is 4.90 Å². The van der Waals surface area contributed by atoms with E-state index in [1.807, 2.05) is 0 Å². The van der Waals surface area contributed by atoms with Gasteiger partial charge in [-0.15, -0.1) is 0 Å². The topological polar surface area (TPSA) is 29.0 Å². The summed E-state index contributed by atoms with van der Waals surface area (Å²) in [6.07, 6.45) is 5.95. The second kappa shape index (κ2) is 6.57. The number of hydrogen-bond donors (Lipinski definition) is 0. The first-order valence-electron chi connectivity index (χ1n) is 7.28. The first-order valence-corrected chi connectivity index (χ1v) is 7.66. The molecule has 2 heterocycles. The van der Waals surface area contributed by atoms with Gasteiger partial charge in [0.2, 0.25) is 0 Å². The zero-order valence-corrected chi connectivity index (χ0v) is 12.7. The van der Waals surface area contributed by atoms with Crippen molar-refractivity contribution in [3.8, 4) is 0 Å². The van der Waals surface area contributed by atoms with Crippen molar-refractivity contribution < 1.29 is 8.78 Å². The molecule has 0 unspecified atom stereocenters. The van der Waals surface area contributed by atoms with Gasteiger partial charge in [0.25, 0.3) is 0 Å². The number of hydrogen-bond acceptors (Lipinski definition) is 3. The standard InChI is InChI=1S/C16H16ClF2N3/c17-15-9-20-10-16(21-15)22-5-3-11(4-6-22)7-12-1-2-13(18)14(19)8-12/h1-2,8-11H,3-7H2. The van der Waals surface area contributed by atoms with Crippen LogP contribution in [0.2, 0.25) is 5.15 Å². The van der Waals surface area contributed by atoms with Crippen molar-refractivity contribution in [3.05, 3.63) is 52.9 Å². The van der Waals surface area contributed by atoms with Crippen LogP contribution in [0.25, 0.3) is 0 Å². The lowest BCUT2D eigenvalue weighted by Gasteiger charge is -2.32. The maximum atomic E-state index is 13.2. The molecule has 3 rings (SSSR count). The van der Waals surface area contributed by atoms with Gasteiger partial charge in [-0.2, -0.15) is 0 Å². The SMILES string of the molecule is Fc1ccc(CC2CCN(c3cncc(Cl)n3)CC2)cc1F. The van der Waals surface area contributed by atoms with Crippen molar-refractivity contribution in [2.24, 2.45) is 5.92 Å². The molecule has 2 aromatic rings. The molecule has 0 amide bonds. The Hall–Kier alpha value is -1.75. The molecule has 0 atom stereocenters. The highest BCUT2D eigenvalue weighted by Crippen LogP contribution is 2.25. The van der Waals surface area contributed by atoms with Crippen LogP contribution >= 0.6 is 11.6 Å². The molecule has 0 radical (unpaired) electrons. The van der Waals surface area contributed by atoms with Gasteiger partial charge in [0, 0.05) is 13.1 Å². The Morgan fingerprint density at radius 1 is 1.14 bits per heavy atom. The van der Waals surface area contributed by atoms with Crippen LogP contribution in [0.5, 0.6) is 0 Å². The number of piperidine rings is 1. The minimum absolute atomic E-state index is 0.390. The molecule has 1 saturated heterocycles. The molecule has 1 aromatic heterocycles. The molecule has 0 N–H and O–H groups in total. The summed E-state index contributed by atoms with van der Waals surface area (Å²) < 4.78 is 26.2. The van der Waals surface area contributed by atoms with Crippen molar-refractivity contribution >= 4 is 17.4 Å². The lowest BCUT2D eigenvalue weighted by molar-refractivity contribution is 0.400. The average molecular weight is 324 g/mol. The van der Waals surface area contributed by atoms with E-state index in [-0.39, 0.29) is 0 Å². The summed E-state index contributed by atoms with van der Waals surface area (Å²) in [7, 11) is 0. The Labute approximate surface area is 133 Å². The fourth-order valence-corrected chi connectivity index (χ4v) is 2.99. The van der Waals surface area contributed by atoms with E-state index in [1.54, 1.807) is 12.3 Å². The smallest absolute Gasteiger partial charge is 0.159 e. The number of benzene rings is 1. The van der Waals surface area contributed by atoms with Crippen LogP contribution in [0, 0.1) is 17.6 Å². The van der Waals surface area contributed by atoms with Crippen LogP contribution < -0.4 is 4.90 Å². The molecule has 1 aliphatic rings. The molecular formula is C16H16ClF2N3. The Balaban J connectivity index is 1.58. The highest BCUT2D eigenvalue weighted by atomic mass is 35.5. The lowest BCUT2D eigenvalue weighted by Crippen LogP contribution is -2.35. The Kier molecular flexibility index (Phi) is 4.52. The van der Waals surface area contributed by atoms with Crippen LogP contribution in [0.15, 0.2) is 30.6 Å². The zero-order valence-electron chi connectivity index (χ0n) is 12.0. The van der Waals surface area contributed by atoms with Gasteiger partial charge in [-0.3, -0.25) is 4.98 Å². The normalized spacial score (nSPS) is 16.0. The zero-order chi connectivity index (χ0) is 15.5. The third kappa shape index (κ3) is 3.53. The molecule has 1 aromatic carbocycles. The van der Waals surface area contributed by atoms with Gasteiger partial charge in [0.05, 0.1) is 12.4 Å². The van der Waals surface area contributed by atoms with Crippen LogP contribution in [-0.2, 0) is 6.42 Å². The van der Waals surface area contributed by atoms with Gasteiger partial charge in [0.1, 0.15) is 11.0 Å². The quantitative estimate of drug-likeness (QED) is 0.858.